The van der Waals surface area contributed by atoms with Crippen LogP contribution in [0.1, 0.15) is 6.42 Å². The molecule has 29 heavy (non-hydrogen) atoms. The van der Waals surface area contributed by atoms with Crippen molar-refractivity contribution in [3.8, 4) is 0 Å². The second-order valence-electron chi connectivity index (χ2n) is 7.02. The van der Waals surface area contributed by atoms with Crippen LogP contribution in [0, 0.1) is 0 Å². The van der Waals surface area contributed by atoms with Gasteiger partial charge < -0.3 is 65.3 Å². The number of carboxylic acids is 1. The van der Waals surface area contributed by atoms with E-state index >= 15 is 0 Å². The van der Waals surface area contributed by atoms with Crippen LogP contribution in [-0.4, -0.2) is 137 Å². The zero-order valence-corrected chi connectivity index (χ0v) is 15.0. The van der Waals surface area contributed by atoms with Crippen LogP contribution < -0.4 is 0 Å². The van der Waals surface area contributed by atoms with E-state index in [2.05, 4.69) is 0 Å². The number of hydrogen-bond acceptors (Lipinski definition) is 13. The number of carbonyl (C=O) groups is 1. The highest BCUT2D eigenvalue weighted by Crippen LogP contribution is 2.30. The van der Waals surface area contributed by atoms with Gasteiger partial charge in [-0.1, -0.05) is 0 Å². The molecule has 0 bridgehead atoms. The number of aliphatic hydroxyl groups is 9. The zero-order valence-electron chi connectivity index (χ0n) is 15.0. The first-order valence-corrected chi connectivity index (χ1v) is 8.71. The molecule has 11 atom stereocenters. The molecule has 0 aliphatic carbocycles. The van der Waals surface area contributed by atoms with Gasteiger partial charge in [-0.05, 0) is 0 Å². The Kier molecular flexibility index (Phi) is 7.88. The van der Waals surface area contributed by atoms with E-state index in [9.17, 15) is 45.6 Å². The summed E-state index contributed by atoms with van der Waals surface area (Å²) in [7, 11) is 0. The second-order valence-corrected chi connectivity index (χ2v) is 7.02. The van der Waals surface area contributed by atoms with Crippen molar-refractivity contribution in [1.82, 2.24) is 0 Å². The average molecular weight is 430 g/mol. The molecule has 0 aromatic heterocycles. The van der Waals surface area contributed by atoms with Crippen molar-refractivity contribution >= 4 is 5.97 Å². The van der Waals surface area contributed by atoms with Gasteiger partial charge in [-0.3, -0.25) is 0 Å². The predicted octanol–water partition coefficient (Wildman–Crippen LogP) is -6.19. The molecule has 2 heterocycles. The highest BCUT2D eigenvalue weighted by Gasteiger charge is 2.53. The zero-order chi connectivity index (χ0) is 22.1. The van der Waals surface area contributed by atoms with Crippen LogP contribution in [0.25, 0.3) is 0 Å². The Morgan fingerprint density at radius 1 is 1.07 bits per heavy atom. The maximum atomic E-state index is 11.1. The predicted molar refractivity (Wildman–Crippen MR) is 85.8 cm³/mol. The fraction of sp³-hybridized carbons (Fsp3) is 0.933. The standard InChI is InChI=1S/C15H26O14/c16-2-6-9(21)10(22)11(23)13(28-6)27-3-5(18)8(20)12-7(19)4(17)1-15(26,29-12)14(24)25/h4-13,16-23,26H,1-3H2,(H,24,25)/t4-,5+,6+,7+,8+,9-,10-,11+,12+,13+,15?/m0/s1. The Morgan fingerprint density at radius 2 is 1.69 bits per heavy atom. The molecule has 170 valence electrons. The van der Waals surface area contributed by atoms with Crippen LogP contribution in [0.15, 0.2) is 0 Å². The molecule has 10 N–H and O–H groups in total. The monoisotopic (exact) mass is 430 g/mol. The molecule has 2 fully saturated rings. The SMILES string of the molecule is O=C(O)C1(O)C[C@H](O)[C@@H](O)[C@H]([C@H](O)[C@H](O)CO[C@@H]2O[C@H](CO)[C@H](O)[C@H](O)[C@H]2O)O1. The molecule has 0 spiro atoms. The van der Waals surface area contributed by atoms with Gasteiger partial charge in [0.05, 0.1) is 19.3 Å². The van der Waals surface area contributed by atoms with E-state index in [4.69, 9.17) is 24.4 Å². The van der Waals surface area contributed by atoms with Crippen molar-refractivity contribution in [3.63, 3.8) is 0 Å². The van der Waals surface area contributed by atoms with E-state index in [1.165, 1.54) is 0 Å². The van der Waals surface area contributed by atoms with E-state index in [-0.39, 0.29) is 0 Å². The first-order chi connectivity index (χ1) is 13.4. The fourth-order valence-electron chi connectivity index (χ4n) is 3.09. The van der Waals surface area contributed by atoms with Crippen molar-refractivity contribution in [3.05, 3.63) is 0 Å². The normalized spacial score (nSPS) is 45.6. The summed E-state index contributed by atoms with van der Waals surface area (Å²) < 4.78 is 14.9. The molecule has 2 saturated heterocycles. The minimum absolute atomic E-state index is 0.719. The Morgan fingerprint density at radius 3 is 2.24 bits per heavy atom. The molecule has 0 radical (unpaired) electrons. The first-order valence-electron chi connectivity index (χ1n) is 8.71. The van der Waals surface area contributed by atoms with Gasteiger partial charge >= 0.3 is 5.97 Å². The average Bonchev–Trinajstić information content (AvgIpc) is 2.67. The van der Waals surface area contributed by atoms with Crippen LogP contribution in [0.2, 0.25) is 0 Å². The molecule has 0 aromatic carbocycles. The van der Waals surface area contributed by atoms with Gasteiger partial charge in [0.25, 0.3) is 5.79 Å². The van der Waals surface area contributed by atoms with E-state index < -0.39 is 92.6 Å². The first kappa shape index (κ1) is 24.3. The number of rotatable bonds is 7. The van der Waals surface area contributed by atoms with Crippen LogP contribution in [-0.2, 0) is 19.0 Å². The number of carboxylic acid groups (broad SMARTS) is 1. The van der Waals surface area contributed by atoms with Crippen molar-refractivity contribution in [1.29, 1.82) is 0 Å². The van der Waals surface area contributed by atoms with Crippen LogP contribution in [0.3, 0.4) is 0 Å². The topological polar surface area (TPSA) is 247 Å². The summed E-state index contributed by atoms with van der Waals surface area (Å²) in [4.78, 5) is 11.1. The highest BCUT2D eigenvalue weighted by molar-refractivity contribution is 5.75. The summed E-state index contributed by atoms with van der Waals surface area (Å²) in [6.07, 6.45) is -18.4. The van der Waals surface area contributed by atoms with Gasteiger partial charge in [-0.2, -0.15) is 0 Å². The fourth-order valence-corrected chi connectivity index (χ4v) is 3.09. The minimum Gasteiger partial charge on any atom is -0.477 e. The molecular formula is C15H26O14. The number of ether oxygens (including phenoxy) is 3. The third kappa shape index (κ3) is 5.01. The summed E-state index contributed by atoms with van der Waals surface area (Å²) in [6, 6.07) is 0. The van der Waals surface area contributed by atoms with Gasteiger partial charge in [0, 0.05) is 6.42 Å². The van der Waals surface area contributed by atoms with Crippen LogP contribution >= 0.6 is 0 Å². The van der Waals surface area contributed by atoms with Gasteiger partial charge in [-0.15, -0.1) is 0 Å². The van der Waals surface area contributed by atoms with E-state index in [0.29, 0.717) is 0 Å². The number of hydrogen-bond donors (Lipinski definition) is 10. The van der Waals surface area contributed by atoms with Crippen molar-refractivity contribution in [2.75, 3.05) is 13.2 Å². The highest BCUT2D eigenvalue weighted by atomic mass is 16.7. The summed E-state index contributed by atoms with van der Waals surface area (Å²) >= 11 is 0. The number of aliphatic carboxylic acids is 1. The summed E-state index contributed by atoms with van der Waals surface area (Å²) in [5.74, 6) is -4.80. The third-order valence-corrected chi connectivity index (χ3v) is 4.89. The molecule has 2 aliphatic rings. The quantitative estimate of drug-likeness (QED) is 0.180. The molecule has 1 unspecified atom stereocenters. The molecule has 2 rings (SSSR count). The lowest BCUT2D eigenvalue weighted by Crippen LogP contribution is -2.63. The molecule has 0 amide bonds. The van der Waals surface area contributed by atoms with E-state index in [1.807, 2.05) is 0 Å². The van der Waals surface area contributed by atoms with Gasteiger partial charge in [0.15, 0.2) is 6.29 Å². The Labute approximate surface area is 163 Å². The Balaban J connectivity index is 2.00. The largest absolute Gasteiger partial charge is 0.477 e. The molecule has 14 heteroatoms. The number of aliphatic hydroxyl groups excluding tert-OH is 8. The minimum atomic E-state index is -2.91. The molecule has 0 saturated carbocycles. The Hall–Kier alpha value is -1.01. The van der Waals surface area contributed by atoms with Gasteiger partial charge in [-0.25, -0.2) is 4.79 Å². The Bertz CT molecular complexity index is 559. The third-order valence-electron chi connectivity index (χ3n) is 4.89. The van der Waals surface area contributed by atoms with Crippen molar-refractivity contribution in [2.24, 2.45) is 0 Å². The van der Waals surface area contributed by atoms with Crippen molar-refractivity contribution in [2.45, 2.75) is 73.4 Å². The molecular weight excluding hydrogens is 404 g/mol. The maximum absolute atomic E-state index is 11.1. The van der Waals surface area contributed by atoms with Gasteiger partial charge in [0.2, 0.25) is 0 Å². The molecule has 14 nitrogen and oxygen atoms in total. The smallest absolute Gasteiger partial charge is 0.364 e. The summed E-state index contributed by atoms with van der Waals surface area (Å²) in [6.45, 7) is -1.53. The summed E-state index contributed by atoms with van der Waals surface area (Å²) in [5.41, 5.74) is 0. The van der Waals surface area contributed by atoms with Crippen LogP contribution in [0.4, 0.5) is 0 Å². The van der Waals surface area contributed by atoms with Gasteiger partial charge in [0.1, 0.15) is 48.8 Å². The van der Waals surface area contributed by atoms with Crippen molar-refractivity contribution < 1.29 is 70.1 Å². The molecule has 0 aromatic rings. The lowest BCUT2D eigenvalue weighted by Gasteiger charge is -2.43. The van der Waals surface area contributed by atoms with Crippen LogP contribution in [0.5, 0.6) is 0 Å². The summed E-state index contributed by atoms with van der Waals surface area (Å²) in [5, 5.41) is 97.1. The second kappa shape index (κ2) is 9.42. The molecule has 2 aliphatic heterocycles. The lowest BCUT2D eigenvalue weighted by molar-refractivity contribution is -0.321. The van der Waals surface area contributed by atoms with E-state index in [0.717, 1.165) is 0 Å². The maximum Gasteiger partial charge on any atom is 0.364 e. The lowest BCUT2D eigenvalue weighted by atomic mass is 9.91. The van der Waals surface area contributed by atoms with E-state index in [1.54, 1.807) is 0 Å².